The van der Waals surface area contributed by atoms with Gasteiger partial charge in [-0.1, -0.05) is 12.8 Å². The predicted octanol–water partition coefficient (Wildman–Crippen LogP) is 3.59. The number of carbonyl (C=O) groups is 1. The van der Waals surface area contributed by atoms with Gasteiger partial charge < -0.3 is 24.8 Å². The number of rotatable bonds is 12. The van der Waals surface area contributed by atoms with Crippen LogP contribution >= 0.6 is 0 Å². The first-order valence-electron chi connectivity index (χ1n) is 9.57. The van der Waals surface area contributed by atoms with Crippen LogP contribution in [-0.4, -0.2) is 45.8 Å². The summed E-state index contributed by atoms with van der Waals surface area (Å²) in [6.45, 7) is 5.81. The second-order valence-corrected chi connectivity index (χ2v) is 5.92. The smallest absolute Gasteiger partial charge is 0.305 e. The molecular formula is C20H33N3O4. The maximum Gasteiger partial charge on any atom is 0.305 e. The monoisotopic (exact) mass is 379 g/mol. The van der Waals surface area contributed by atoms with Crippen molar-refractivity contribution in [2.45, 2.75) is 46.0 Å². The first kappa shape index (κ1) is 22.6. The zero-order chi connectivity index (χ0) is 19.9. The molecule has 1 aromatic rings. The third kappa shape index (κ3) is 9.17. The highest BCUT2D eigenvalue weighted by molar-refractivity contribution is 5.93. The van der Waals surface area contributed by atoms with Gasteiger partial charge in [-0.3, -0.25) is 9.79 Å². The molecule has 0 unspecified atom stereocenters. The molecule has 0 aliphatic rings. The van der Waals surface area contributed by atoms with Crippen LogP contribution in [0.25, 0.3) is 0 Å². The Hall–Kier alpha value is -2.44. The second-order valence-electron chi connectivity index (χ2n) is 5.92. The topological polar surface area (TPSA) is 81.2 Å². The number of guanidine groups is 1. The normalized spacial score (nSPS) is 11.0. The zero-order valence-electron chi connectivity index (χ0n) is 17.0. The first-order chi connectivity index (χ1) is 13.1. The Morgan fingerprint density at radius 2 is 1.78 bits per heavy atom. The molecule has 0 aliphatic heterocycles. The van der Waals surface area contributed by atoms with Crippen molar-refractivity contribution < 1.29 is 19.0 Å². The lowest BCUT2D eigenvalue weighted by molar-refractivity contribution is -0.143. The average Bonchev–Trinajstić information content (AvgIpc) is 2.67. The minimum Gasteiger partial charge on any atom is -0.493 e. The van der Waals surface area contributed by atoms with E-state index >= 15 is 0 Å². The van der Waals surface area contributed by atoms with Gasteiger partial charge in [0, 0.05) is 31.3 Å². The molecule has 7 heteroatoms. The van der Waals surface area contributed by atoms with Crippen LogP contribution in [0, 0.1) is 0 Å². The number of aliphatic imine (C=N–C) groups is 1. The number of nitrogens with zero attached hydrogens (tertiary/aromatic N) is 1. The van der Waals surface area contributed by atoms with Gasteiger partial charge in [0.05, 0.1) is 20.8 Å². The van der Waals surface area contributed by atoms with Crippen LogP contribution in [0.1, 0.15) is 46.0 Å². The van der Waals surface area contributed by atoms with Crippen molar-refractivity contribution in [1.29, 1.82) is 0 Å². The number of anilines is 1. The molecule has 0 aliphatic carbocycles. The summed E-state index contributed by atoms with van der Waals surface area (Å²) in [6, 6.07) is 5.65. The van der Waals surface area contributed by atoms with Gasteiger partial charge in [0.2, 0.25) is 0 Å². The Kier molecular flexibility index (Phi) is 11.5. The van der Waals surface area contributed by atoms with Crippen LogP contribution in [0.3, 0.4) is 0 Å². The van der Waals surface area contributed by atoms with Crippen molar-refractivity contribution in [3.05, 3.63) is 18.2 Å². The van der Waals surface area contributed by atoms with Crippen LogP contribution in [0.4, 0.5) is 5.69 Å². The van der Waals surface area contributed by atoms with Gasteiger partial charge >= 0.3 is 5.97 Å². The third-order valence-electron chi connectivity index (χ3n) is 3.85. The van der Waals surface area contributed by atoms with E-state index in [4.69, 9.17) is 14.2 Å². The number of ether oxygens (including phenoxy) is 3. The lowest BCUT2D eigenvalue weighted by atomic mass is 10.1. The van der Waals surface area contributed by atoms with Crippen molar-refractivity contribution >= 4 is 17.6 Å². The summed E-state index contributed by atoms with van der Waals surface area (Å²) in [6.07, 6.45) is 4.39. The van der Waals surface area contributed by atoms with Crippen LogP contribution in [0.2, 0.25) is 0 Å². The van der Waals surface area contributed by atoms with E-state index in [1.807, 2.05) is 32.0 Å². The molecule has 0 saturated carbocycles. The van der Waals surface area contributed by atoms with Crippen molar-refractivity contribution in [2.75, 3.05) is 39.2 Å². The molecule has 0 heterocycles. The Morgan fingerprint density at radius 1 is 1.04 bits per heavy atom. The Labute approximate surface area is 162 Å². The molecule has 0 atom stereocenters. The lowest BCUT2D eigenvalue weighted by Crippen LogP contribution is -2.30. The molecule has 7 nitrogen and oxygen atoms in total. The molecule has 1 rings (SSSR count). The summed E-state index contributed by atoms with van der Waals surface area (Å²) in [5.74, 6) is 1.98. The summed E-state index contributed by atoms with van der Waals surface area (Å²) in [5, 5.41) is 6.51. The van der Waals surface area contributed by atoms with Gasteiger partial charge in [-0.05, 0) is 38.8 Å². The summed E-state index contributed by atoms with van der Waals surface area (Å²) in [7, 11) is 3.23. The van der Waals surface area contributed by atoms with Crippen molar-refractivity contribution in [1.82, 2.24) is 5.32 Å². The highest BCUT2D eigenvalue weighted by atomic mass is 16.5. The Bertz CT molecular complexity index is 591. The number of hydrogen-bond acceptors (Lipinski definition) is 5. The van der Waals surface area contributed by atoms with Gasteiger partial charge in [-0.15, -0.1) is 0 Å². The predicted molar refractivity (Wildman–Crippen MR) is 109 cm³/mol. The Balaban J connectivity index is 2.43. The zero-order valence-corrected chi connectivity index (χ0v) is 17.0. The van der Waals surface area contributed by atoms with E-state index < -0.39 is 0 Å². The molecule has 0 bridgehead atoms. The number of carbonyl (C=O) groups excluding carboxylic acids is 1. The Morgan fingerprint density at radius 3 is 2.44 bits per heavy atom. The van der Waals surface area contributed by atoms with Gasteiger partial charge in [0.15, 0.2) is 17.5 Å². The summed E-state index contributed by atoms with van der Waals surface area (Å²) in [4.78, 5) is 15.9. The minimum absolute atomic E-state index is 0.107. The number of unbranched alkanes of at least 4 members (excludes halogenated alkanes) is 3. The fourth-order valence-electron chi connectivity index (χ4n) is 2.52. The molecule has 27 heavy (non-hydrogen) atoms. The maximum atomic E-state index is 11.3. The third-order valence-corrected chi connectivity index (χ3v) is 3.85. The van der Waals surface area contributed by atoms with E-state index in [1.165, 1.54) is 0 Å². The van der Waals surface area contributed by atoms with E-state index in [0.29, 0.717) is 24.5 Å². The molecule has 0 radical (unpaired) electrons. The molecule has 0 aromatic heterocycles. The van der Waals surface area contributed by atoms with Gasteiger partial charge in [-0.25, -0.2) is 0 Å². The highest BCUT2D eigenvalue weighted by Gasteiger charge is 2.06. The first-order valence-corrected chi connectivity index (χ1v) is 9.57. The van der Waals surface area contributed by atoms with Crippen LogP contribution in [0.15, 0.2) is 23.2 Å². The fraction of sp³-hybridized carbons (Fsp3) is 0.600. The molecular weight excluding hydrogens is 346 g/mol. The number of methoxy groups -OCH3 is 2. The molecule has 152 valence electrons. The van der Waals surface area contributed by atoms with E-state index in [2.05, 4.69) is 15.6 Å². The van der Waals surface area contributed by atoms with Crippen LogP contribution in [0.5, 0.6) is 11.5 Å². The lowest BCUT2D eigenvalue weighted by Gasteiger charge is -2.13. The molecule has 0 fully saturated rings. The molecule has 0 amide bonds. The SMILES string of the molecule is CCNC(=NCCCCCCC(=O)OCC)Nc1ccc(OC)c(OC)c1. The molecule has 2 N–H and O–H groups in total. The molecule has 0 saturated heterocycles. The van der Waals surface area contributed by atoms with Crippen molar-refractivity contribution in [3.8, 4) is 11.5 Å². The quantitative estimate of drug-likeness (QED) is 0.250. The van der Waals surface area contributed by atoms with Gasteiger partial charge in [0.25, 0.3) is 0 Å². The van der Waals surface area contributed by atoms with Gasteiger partial charge in [0.1, 0.15) is 0 Å². The maximum absolute atomic E-state index is 11.3. The fourth-order valence-corrected chi connectivity index (χ4v) is 2.52. The van der Waals surface area contributed by atoms with E-state index in [-0.39, 0.29) is 5.97 Å². The second kappa shape index (κ2) is 13.7. The van der Waals surface area contributed by atoms with Gasteiger partial charge in [-0.2, -0.15) is 0 Å². The summed E-state index contributed by atoms with van der Waals surface area (Å²) < 4.78 is 15.5. The molecule has 0 spiro atoms. The van der Waals surface area contributed by atoms with E-state index in [1.54, 1.807) is 14.2 Å². The standard InChI is InChI=1S/C20H33N3O4/c1-5-21-20(22-14-10-8-7-9-11-19(24)27-6-2)23-16-12-13-17(25-3)18(15-16)26-4/h12-13,15H,5-11,14H2,1-4H3,(H2,21,22,23). The summed E-state index contributed by atoms with van der Waals surface area (Å²) >= 11 is 0. The number of hydrogen-bond donors (Lipinski definition) is 2. The van der Waals surface area contributed by atoms with E-state index in [0.717, 1.165) is 50.4 Å². The van der Waals surface area contributed by atoms with Crippen molar-refractivity contribution in [2.24, 2.45) is 4.99 Å². The number of esters is 1. The number of benzene rings is 1. The number of nitrogens with one attached hydrogen (secondary N) is 2. The summed E-state index contributed by atoms with van der Waals surface area (Å²) in [5.41, 5.74) is 0.877. The van der Waals surface area contributed by atoms with Crippen LogP contribution < -0.4 is 20.1 Å². The highest BCUT2D eigenvalue weighted by Crippen LogP contribution is 2.29. The minimum atomic E-state index is -0.107. The van der Waals surface area contributed by atoms with E-state index in [9.17, 15) is 4.79 Å². The van der Waals surface area contributed by atoms with Crippen molar-refractivity contribution in [3.63, 3.8) is 0 Å². The van der Waals surface area contributed by atoms with Crippen LogP contribution in [-0.2, 0) is 9.53 Å². The largest absolute Gasteiger partial charge is 0.493 e. The average molecular weight is 380 g/mol. The molecule has 1 aromatic carbocycles.